The van der Waals surface area contributed by atoms with E-state index in [9.17, 15) is 4.79 Å². The predicted molar refractivity (Wildman–Crippen MR) is 78.0 cm³/mol. The largest absolute Gasteiger partial charge is 0.286 e. The van der Waals surface area contributed by atoms with Crippen molar-refractivity contribution in [2.24, 2.45) is 0 Å². The molecule has 0 radical (unpaired) electrons. The average molecular weight is 271 g/mol. The lowest BCUT2D eigenvalue weighted by Gasteiger charge is -2.27. The maximum atomic E-state index is 12.4. The van der Waals surface area contributed by atoms with Crippen LogP contribution in [0.15, 0.2) is 30.3 Å². The fraction of sp³-hybridized carbons (Fsp3) is 0.375. The van der Waals surface area contributed by atoms with Gasteiger partial charge in [0, 0.05) is 15.9 Å². The number of fused-ring (bicyclic) bond motifs is 1. The fourth-order valence-corrected chi connectivity index (χ4v) is 3.92. The second kappa shape index (κ2) is 4.57. The summed E-state index contributed by atoms with van der Waals surface area (Å²) in [7, 11) is 0. The Labute approximate surface area is 117 Å². The minimum atomic E-state index is 0.0517. The molecular weight excluding hydrogens is 254 g/mol. The summed E-state index contributed by atoms with van der Waals surface area (Å²) in [5.41, 5.74) is 1.98. The predicted octanol–water partition coefficient (Wildman–Crippen LogP) is 3.99. The molecule has 0 bridgehead atoms. The topological polar surface area (TPSA) is 30.0 Å². The molecule has 3 rings (SSSR count). The Morgan fingerprint density at radius 3 is 2.68 bits per heavy atom. The average Bonchev–Trinajstić information content (AvgIpc) is 2.84. The smallest absolute Gasteiger partial charge is 0.221 e. The van der Waals surface area contributed by atoms with Gasteiger partial charge in [0.1, 0.15) is 0 Å². The number of hydrogen-bond donors (Lipinski definition) is 0. The minimum absolute atomic E-state index is 0.0517. The van der Waals surface area contributed by atoms with Gasteiger partial charge in [-0.3, -0.25) is 4.79 Å². The number of carbonyl (C=O) groups is 1. The van der Waals surface area contributed by atoms with Gasteiger partial charge in [0.05, 0.1) is 5.69 Å². The molecule has 1 aromatic carbocycles. The van der Waals surface area contributed by atoms with Crippen LogP contribution in [0, 0.1) is 0 Å². The summed E-state index contributed by atoms with van der Waals surface area (Å²) in [6.45, 7) is 4.45. The highest BCUT2D eigenvalue weighted by Gasteiger charge is 2.32. The molecule has 0 aliphatic heterocycles. The first kappa shape index (κ1) is 12.5. The highest BCUT2D eigenvalue weighted by atomic mass is 32.1. The molecule has 1 heterocycles. The second-order valence-corrected chi connectivity index (χ2v) is 6.81. The summed E-state index contributed by atoms with van der Waals surface area (Å²) >= 11 is 1.58. The van der Waals surface area contributed by atoms with E-state index in [0.29, 0.717) is 5.01 Å². The molecule has 0 spiro atoms. The Bertz CT molecular complexity index is 613. The highest BCUT2D eigenvalue weighted by molar-refractivity contribution is 7.14. The van der Waals surface area contributed by atoms with Crippen LogP contribution >= 0.6 is 11.3 Å². The lowest BCUT2D eigenvalue weighted by atomic mass is 9.79. The normalized spacial score (nSPS) is 16.9. The van der Waals surface area contributed by atoms with E-state index in [1.165, 1.54) is 11.3 Å². The van der Waals surface area contributed by atoms with Crippen molar-refractivity contribution in [3.8, 4) is 0 Å². The molecule has 2 nitrogen and oxygen atoms in total. The van der Waals surface area contributed by atoms with Crippen molar-refractivity contribution in [2.45, 2.75) is 38.5 Å². The molecule has 0 N–H and O–H groups in total. The van der Waals surface area contributed by atoms with Gasteiger partial charge in [0.25, 0.3) is 0 Å². The van der Waals surface area contributed by atoms with Gasteiger partial charge < -0.3 is 0 Å². The molecule has 1 aromatic heterocycles. The summed E-state index contributed by atoms with van der Waals surface area (Å²) in [6.07, 6.45) is 3.42. The van der Waals surface area contributed by atoms with Crippen molar-refractivity contribution >= 4 is 17.1 Å². The Hall–Kier alpha value is -1.48. The van der Waals surface area contributed by atoms with E-state index in [-0.39, 0.29) is 11.2 Å². The first-order valence-corrected chi connectivity index (χ1v) is 7.49. The molecule has 0 atom stereocenters. The van der Waals surface area contributed by atoms with Gasteiger partial charge in [-0.2, -0.15) is 0 Å². The molecule has 0 saturated carbocycles. The van der Waals surface area contributed by atoms with Crippen molar-refractivity contribution in [1.82, 2.24) is 4.98 Å². The van der Waals surface area contributed by atoms with Gasteiger partial charge in [-0.05, 0) is 19.3 Å². The van der Waals surface area contributed by atoms with Crippen LogP contribution < -0.4 is 0 Å². The number of aromatic nitrogens is 1. The fourth-order valence-electron chi connectivity index (χ4n) is 2.67. The monoisotopic (exact) mass is 271 g/mol. The van der Waals surface area contributed by atoms with Gasteiger partial charge in [-0.15, -0.1) is 11.3 Å². The maximum Gasteiger partial charge on any atom is 0.221 e. The molecule has 98 valence electrons. The number of rotatable bonds is 2. The van der Waals surface area contributed by atoms with Gasteiger partial charge in [-0.1, -0.05) is 44.2 Å². The Kier molecular flexibility index (Phi) is 3.02. The Morgan fingerprint density at radius 2 is 2.00 bits per heavy atom. The van der Waals surface area contributed by atoms with Crippen LogP contribution in [0.25, 0.3) is 0 Å². The van der Waals surface area contributed by atoms with E-state index in [4.69, 9.17) is 0 Å². The quantitative estimate of drug-likeness (QED) is 0.773. The van der Waals surface area contributed by atoms with Crippen molar-refractivity contribution in [1.29, 1.82) is 0 Å². The maximum absolute atomic E-state index is 12.4. The molecular formula is C16H17NOS. The van der Waals surface area contributed by atoms with Crippen molar-refractivity contribution in [3.63, 3.8) is 0 Å². The molecule has 0 unspecified atom stereocenters. The lowest BCUT2D eigenvalue weighted by Crippen LogP contribution is -2.23. The lowest BCUT2D eigenvalue weighted by molar-refractivity contribution is 0.103. The van der Waals surface area contributed by atoms with E-state index in [0.717, 1.165) is 24.1 Å². The van der Waals surface area contributed by atoms with Crippen molar-refractivity contribution in [3.05, 3.63) is 51.5 Å². The van der Waals surface area contributed by atoms with E-state index in [1.54, 1.807) is 11.3 Å². The number of carbonyl (C=O) groups excluding carboxylic acids is 1. The van der Waals surface area contributed by atoms with Crippen LogP contribution in [0.4, 0.5) is 0 Å². The van der Waals surface area contributed by atoms with Crippen LogP contribution in [0.2, 0.25) is 0 Å². The van der Waals surface area contributed by atoms with E-state index >= 15 is 0 Å². The number of benzene rings is 1. The Morgan fingerprint density at radius 1 is 1.26 bits per heavy atom. The van der Waals surface area contributed by atoms with E-state index in [1.807, 2.05) is 30.3 Å². The molecule has 0 saturated heterocycles. The van der Waals surface area contributed by atoms with Crippen LogP contribution in [-0.2, 0) is 11.8 Å². The van der Waals surface area contributed by atoms with Crippen LogP contribution in [0.1, 0.15) is 52.6 Å². The summed E-state index contributed by atoms with van der Waals surface area (Å²) in [5, 5.41) is 0.645. The molecule has 1 aliphatic rings. The SMILES string of the molecule is CC1(C)CCCc2sc(C(=O)c3ccccc3)nc21. The highest BCUT2D eigenvalue weighted by Crippen LogP contribution is 2.39. The summed E-state index contributed by atoms with van der Waals surface area (Å²) in [6, 6.07) is 9.42. The molecule has 1 aliphatic carbocycles. The van der Waals surface area contributed by atoms with Crippen LogP contribution in [-0.4, -0.2) is 10.8 Å². The van der Waals surface area contributed by atoms with E-state index < -0.39 is 0 Å². The second-order valence-electron chi connectivity index (χ2n) is 5.72. The standard InChI is InChI=1S/C16H17NOS/c1-16(2)10-6-9-12-14(16)17-15(19-12)13(18)11-7-4-3-5-8-11/h3-5,7-8H,6,9-10H2,1-2H3. The van der Waals surface area contributed by atoms with Gasteiger partial charge in [-0.25, -0.2) is 4.98 Å². The molecule has 0 fully saturated rings. The minimum Gasteiger partial charge on any atom is -0.286 e. The number of nitrogens with zero attached hydrogens (tertiary/aromatic N) is 1. The number of aryl methyl sites for hydroxylation is 1. The van der Waals surface area contributed by atoms with Crippen molar-refractivity contribution in [2.75, 3.05) is 0 Å². The molecule has 0 amide bonds. The first-order valence-electron chi connectivity index (χ1n) is 6.68. The van der Waals surface area contributed by atoms with Crippen LogP contribution in [0.3, 0.4) is 0 Å². The van der Waals surface area contributed by atoms with Gasteiger partial charge in [0.2, 0.25) is 5.78 Å². The molecule has 19 heavy (non-hydrogen) atoms. The van der Waals surface area contributed by atoms with Crippen LogP contribution in [0.5, 0.6) is 0 Å². The third kappa shape index (κ3) is 2.23. The summed E-state index contributed by atoms with van der Waals surface area (Å²) in [4.78, 5) is 18.4. The van der Waals surface area contributed by atoms with Crippen molar-refractivity contribution < 1.29 is 4.79 Å². The van der Waals surface area contributed by atoms with E-state index in [2.05, 4.69) is 18.8 Å². The number of ketones is 1. The summed E-state index contributed by atoms with van der Waals surface area (Å²) < 4.78 is 0. The number of hydrogen-bond acceptors (Lipinski definition) is 3. The third-order valence-corrected chi connectivity index (χ3v) is 4.89. The molecule has 3 heteroatoms. The molecule has 2 aromatic rings. The zero-order valence-corrected chi connectivity index (χ0v) is 12.1. The van der Waals surface area contributed by atoms with Gasteiger partial charge in [0.15, 0.2) is 5.01 Å². The zero-order chi connectivity index (χ0) is 13.5. The first-order chi connectivity index (χ1) is 9.08. The zero-order valence-electron chi connectivity index (χ0n) is 11.3. The third-order valence-electron chi connectivity index (χ3n) is 3.77. The Balaban J connectivity index is 2.00. The summed E-state index contributed by atoms with van der Waals surface area (Å²) in [5.74, 6) is 0.0517. The van der Waals surface area contributed by atoms with Gasteiger partial charge >= 0.3 is 0 Å². The number of thiazole rings is 1.